The van der Waals surface area contributed by atoms with Crippen LogP contribution in [0.4, 0.5) is 5.82 Å². The summed E-state index contributed by atoms with van der Waals surface area (Å²) < 4.78 is 4.24. The number of hydrogen-bond donors (Lipinski definition) is 1. The van der Waals surface area contributed by atoms with Gasteiger partial charge in [0.05, 0.1) is 17.6 Å². The van der Waals surface area contributed by atoms with Crippen LogP contribution in [0.2, 0.25) is 5.02 Å². The predicted molar refractivity (Wildman–Crippen MR) is 116 cm³/mol. The molecule has 1 amide bonds. The van der Waals surface area contributed by atoms with Crippen molar-refractivity contribution in [1.29, 1.82) is 0 Å². The summed E-state index contributed by atoms with van der Waals surface area (Å²) in [6.07, 6.45) is 5.43. The number of aromatic nitrogens is 4. The number of hydrogen-bond acceptors (Lipinski definition) is 3. The van der Waals surface area contributed by atoms with E-state index in [1.807, 2.05) is 65.6 Å². The van der Waals surface area contributed by atoms with Crippen LogP contribution in [0.5, 0.6) is 0 Å². The molecule has 8 heteroatoms. The average Bonchev–Trinajstić information content (AvgIpc) is 3.34. The van der Waals surface area contributed by atoms with E-state index in [1.165, 1.54) is 0 Å². The van der Waals surface area contributed by atoms with E-state index in [1.54, 1.807) is 16.9 Å². The molecule has 4 aromatic rings. The van der Waals surface area contributed by atoms with Crippen molar-refractivity contribution in [1.82, 2.24) is 19.6 Å². The van der Waals surface area contributed by atoms with Crippen LogP contribution >= 0.6 is 27.5 Å². The highest BCUT2D eigenvalue weighted by Crippen LogP contribution is 2.23. The second-order valence-electron chi connectivity index (χ2n) is 6.47. The molecule has 0 saturated heterocycles. The van der Waals surface area contributed by atoms with Gasteiger partial charge in [-0.1, -0.05) is 41.9 Å². The van der Waals surface area contributed by atoms with E-state index in [4.69, 9.17) is 11.6 Å². The number of carbonyl (C=O) groups is 1. The van der Waals surface area contributed by atoms with Gasteiger partial charge in [0.1, 0.15) is 0 Å². The molecule has 146 valence electrons. The number of nitrogens with one attached hydrogen (secondary N) is 1. The minimum absolute atomic E-state index is 0.226. The molecule has 0 bridgehead atoms. The minimum Gasteiger partial charge on any atom is -0.304 e. The van der Waals surface area contributed by atoms with E-state index in [0.717, 1.165) is 11.1 Å². The van der Waals surface area contributed by atoms with Gasteiger partial charge in [-0.05, 0) is 51.3 Å². The molecule has 0 unspecified atom stereocenters. The highest BCUT2D eigenvalue weighted by molar-refractivity contribution is 9.10. The Hall–Kier alpha value is -2.90. The lowest BCUT2D eigenvalue weighted by Crippen LogP contribution is -2.14. The lowest BCUT2D eigenvalue weighted by molar-refractivity contribution is 0.102. The summed E-state index contributed by atoms with van der Waals surface area (Å²) in [5.74, 6) is 0.232. The predicted octanol–water partition coefficient (Wildman–Crippen LogP) is 4.84. The van der Waals surface area contributed by atoms with Gasteiger partial charge in [-0.3, -0.25) is 14.2 Å². The van der Waals surface area contributed by atoms with Gasteiger partial charge >= 0.3 is 0 Å². The van der Waals surface area contributed by atoms with Crippen molar-refractivity contribution in [3.8, 4) is 0 Å². The number of rotatable bonds is 6. The number of benzene rings is 2. The van der Waals surface area contributed by atoms with Crippen LogP contribution in [0.1, 0.15) is 21.5 Å². The van der Waals surface area contributed by atoms with E-state index in [2.05, 4.69) is 31.4 Å². The third kappa shape index (κ3) is 4.75. The Kier molecular flexibility index (Phi) is 5.78. The zero-order valence-corrected chi connectivity index (χ0v) is 17.6. The zero-order valence-electron chi connectivity index (χ0n) is 15.3. The molecule has 0 aliphatic heterocycles. The summed E-state index contributed by atoms with van der Waals surface area (Å²) in [6, 6.07) is 16.9. The molecule has 1 N–H and O–H groups in total. The third-order valence-corrected chi connectivity index (χ3v) is 5.28. The Morgan fingerprint density at radius 1 is 1.07 bits per heavy atom. The van der Waals surface area contributed by atoms with Crippen molar-refractivity contribution in [3.63, 3.8) is 0 Å². The summed E-state index contributed by atoms with van der Waals surface area (Å²) >= 11 is 9.68. The Labute approximate surface area is 181 Å². The van der Waals surface area contributed by atoms with Crippen LogP contribution in [-0.2, 0) is 13.1 Å². The largest absolute Gasteiger partial charge is 0.304 e. The maximum absolute atomic E-state index is 12.7. The van der Waals surface area contributed by atoms with Crippen molar-refractivity contribution in [3.05, 3.63) is 99.4 Å². The van der Waals surface area contributed by atoms with Crippen molar-refractivity contribution in [2.24, 2.45) is 0 Å². The normalized spacial score (nSPS) is 10.8. The lowest BCUT2D eigenvalue weighted by Gasteiger charge is -2.07. The van der Waals surface area contributed by atoms with Crippen LogP contribution in [0.25, 0.3) is 0 Å². The van der Waals surface area contributed by atoms with E-state index >= 15 is 0 Å². The summed E-state index contributed by atoms with van der Waals surface area (Å²) in [4.78, 5) is 12.7. The number of nitrogens with zero attached hydrogens (tertiary/aromatic N) is 4. The first-order chi connectivity index (χ1) is 14.1. The van der Waals surface area contributed by atoms with Gasteiger partial charge in [0.2, 0.25) is 0 Å². The van der Waals surface area contributed by atoms with Gasteiger partial charge in [0, 0.05) is 29.2 Å². The van der Waals surface area contributed by atoms with Crippen LogP contribution < -0.4 is 5.32 Å². The number of carbonyl (C=O) groups excluding carboxylic acids is 1. The molecule has 2 aromatic carbocycles. The quantitative estimate of drug-likeness (QED) is 0.438. The number of halogens is 2. The maximum Gasteiger partial charge on any atom is 0.256 e. The number of anilines is 1. The third-order valence-electron chi connectivity index (χ3n) is 4.33. The second-order valence-corrected chi connectivity index (χ2v) is 7.73. The monoisotopic (exact) mass is 469 g/mol. The fourth-order valence-corrected chi connectivity index (χ4v) is 3.55. The molecule has 2 heterocycles. The van der Waals surface area contributed by atoms with E-state index in [-0.39, 0.29) is 5.91 Å². The van der Waals surface area contributed by atoms with Crippen LogP contribution in [-0.4, -0.2) is 25.5 Å². The van der Waals surface area contributed by atoms with Gasteiger partial charge in [-0.2, -0.15) is 10.2 Å². The minimum atomic E-state index is -0.226. The van der Waals surface area contributed by atoms with Crippen LogP contribution in [0, 0.1) is 0 Å². The van der Waals surface area contributed by atoms with Gasteiger partial charge in [0.15, 0.2) is 5.82 Å². The summed E-state index contributed by atoms with van der Waals surface area (Å²) in [5, 5.41) is 12.2. The highest BCUT2D eigenvalue weighted by atomic mass is 79.9. The van der Waals surface area contributed by atoms with E-state index in [0.29, 0.717) is 34.0 Å². The molecule has 2 aromatic heterocycles. The molecule has 0 fully saturated rings. The number of amides is 1. The molecule has 6 nitrogen and oxygen atoms in total. The van der Waals surface area contributed by atoms with Crippen molar-refractivity contribution < 1.29 is 4.79 Å². The first kappa shape index (κ1) is 19.4. The zero-order chi connectivity index (χ0) is 20.2. The van der Waals surface area contributed by atoms with Gasteiger partial charge in [0.25, 0.3) is 5.91 Å². The summed E-state index contributed by atoms with van der Waals surface area (Å²) in [6.45, 7) is 1.11. The highest BCUT2D eigenvalue weighted by Gasteiger charge is 2.13. The molecule has 4 rings (SSSR count). The van der Waals surface area contributed by atoms with Crippen molar-refractivity contribution in [2.75, 3.05) is 5.32 Å². The Balaban J connectivity index is 1.47. The second kappa shape index (κ2) is 8.63. The maximum atomic E-state index is 12.7. The molecule has 29 heavy (non-hydrogen) atoms. The van der Waals surface area contributed by atoms with Crippen LogP contribution in [0.3, 0.4) is 0 Å². The van der Waals surface area contributed by atoms with E-state index < -0.39 is 0 Å². The van der Waals surface area contributed by atoms with E-state index in [9.17, 15) is 4.79 Å². The summed E-state index contributed by atoms with van der Waals surface area (Å²) in [7, 11) is 0. The Morgan fingerprint density at radius 2 is 1.93 bits per heavy atom. The van der Waals surface area contributed by atoms with Gasteiger partial charge < -0.3 is 5.32 Å². The topological polar surface area (TPSA) is 64.7 Å². The average molecular weight is 471 g/mol. The molecule has 0 saturated carbocycles. The SMILES string of the molecule is O=C(Nc1nn(Cc2ccccc2Cl)cc1Br)c1cccc(Cn2cccn2)c1. The van der Waals surface area contributed by atoms with Gasteiger partial charge in [-0.25, -0.2) is 0 Å². The molecule has 0 aliphatic rings. The van der Waals surface area contributed by atoms with Crippen LogP contribution in [0.15, 0.2) is 77.7 Å². The Morgan fingerprint density at radius 3 is 2.72 bits per heavy atom. The molecule has 0 aliphatic carbocycles. The molecule has 0 radical (unpaired) electrons. The Bertz CT molecular complexity index is 1140. The summed E-state index contributed by atoms with van der Waals surface area (Å²) in [5.41, 5.74) is 2.50. The standard InChI is InChI=1S/C21H17BrClN5O/c22-18-14-28(13-17-6-1-2-8-19(17)23)26-20(18)25-21(29)16-7-3-5-15(11-16)12-27-10-4-9-24-27/h1-11,14H,12-13H2,(H,25,26,29). The molecule has 0 atom stereocenters. The first-order valence-electron chi connectivity index (χ1n) is 8.92. The van der Waals surface area contributed by atoms with Crippen molar-refractivity contribution >= 4 is 39.3 Å². The lowest BCUT2D eigenvalue weighted by atomic mass is 10.1. The molecular formula is C21H17BrClN5O. The smallest absolute Gasteiger partial charge is 0.256 e. The van der Waals surface area contributed by atoms with Crippen molar-refractivity contribution in [2.45, 2.75) is 13.1 Å². The van der Waals surface area contributed by atoms with Gasteiger partial charge in [-0.15, -0.1) is 0 Å². The molecular weight excluding hydrogens is 454 g/mol. The molecule has 0 spiro atoms. The fourth-order valence-electron chi connectivity index (χ4n) is 2.94. The first-order valence-corrected chi connectivity index (χ1v) is 10.1. The fraction of sp³-hybridized carbons (Fsp3) is 0.0952.